The Morgan fingerprint density at radius 1 is 1.12 bits per heavy atom. The Bertz CT molecular complexity index is 1100. The summed E-state index contributed by atoms with van der Waals surface area (Å²) in [6.07, 6.45) is 2.87. The van der Waals surface area contributed by atoms with Crippen LogP contribution in [0.4, 0.5) is 0 Å². The number of nitrogens with zero attached hydrogens (tertiary/aromatic N) is 3. The summed E-state index contributed by atoms with van der Waals surface area (Å²) in [5.74, 6) is 1.48. The topological polar surface area (TPSA) is 75.2 Å². The number of rotatable bonds is 9. The van der Waals surface area contributed by atoms with Crippen LogP contribution in [0, 0.1) is 4.77 Å². The van der Waals surface area contributed by atoms with E-state index in [1.54, 1.807) is 7.11 Å². The van der Waals surface area contributed by atoms with Gasteiger partial charge in [-0.15, -0.1) is 0 Å². The fourth-order valence-electron chi connectivity index (χ4n) is 4.05. The zero-order valence-corrected chi connectivity index (χ0v) is 19.2. The normalized spacial score (nSPS) is 13.9. The van der Waals surface area contributed by atoms with Gasteiger partial charge in [0.05, 0.1) is 7.11 Å². The van der Waals surface area contributed by atoms with E-state index in [4.69, 9.17) is 17.0 Å². The van der Waals surface area contributed by atoms with E-state index in [-0.39, 0.29) is 5.91 Å². The van der Waals surface area contributed by atoms with Crippen molar-refractivity contribution in [3.63, 3.8) is 0 Å². The summed E-state index contributed by atoms with van der Waals surface area (Å²) in [4.78, 5) is 15.1. The van der Waals surface area contributed by atoms with Crippen molar-refractivity contribution in [3.8, 4) is 17.1 Å². The summed E-state index contributed by atoms with van der Waals surface area (Å²) >= 11 is 5.38. The van der Waals surface area contributed by atoms with Gasteiger partial charge in [-0.05, 0) is 73.5 Å². The minimum Gasteiger partial charge on any atom is -0.497 e. The molecule has 1 amide bonds. The van der Waals surface area contributed by atoms with Crippen molar-refractivity contribution in [3.05, 3.63) is 64.4 Å². The Hall–Kier alpha value is -2.97. The molecule has 2 N–H and O–H groups in total. The van der Waals surface area contributed by atoms with E-state index in [0.717, 1.165) is 30.9 Å². The molecular weight excluding hydrogens is 422 g/mol. The second-order valence-corrected chi connectivity index (χ2v) is 8.40. The van der Waals surface area contributed by atoms with Gasteiger partial charge >= 0.3 is 0 Å². The number of carbonyl (C=O) groups is 1. The van der Waals surface area contributed by atoms with Crippen LogP contribution in [0.25, 0.3) is 11.4 Å². The monoisotopic (exact) mass is 451 g/mol. The summed E-state index contributed by atoms with van der Waals surface area (Å²) in [6.45, 7) is 4.25. The summed E-state index contributed by atoms with van der Waals surface area (Å²) in [7, 11) is 1.63. The summed E-state index contributed by atoms with van der Waals surface area (Å²) in [5.41, 5.74) is 3.37. The lowest BCUT2D eigenvalue weighted by molar-refractivity contribution is -0.121. The molecule has 0 saturated carbocycles. The van der Waals surface area contributed by atoms with E-state index in [9.17, 15) is 4.79 Å². The average Bonchev–Trinajstić information content (AvgIpc) is 3.46. The third-order valence-electron chi connectivity index (χ3n) is 5.86. The first kappa shape index (κ1) is 22.2. The number of aromatic nitrogens is 3. The zero-order chi connectivity index (χ0) is 22.3. The molecule has 0 bridgehead atoms. The van der Waals surface area contributed by atoms with Crippen molar-refractivity contribution < 1.29 is 9.53 Å². The SMILES string of the molecule is COc1ccc(-c2n[nH]c(=S)n2CCC(=O)NCc2ccccc2CN2CCCC2)cc1. The van der Waals surface area contributed by atoms with Gasteiger partial charge in [-0.2, -0.15) is 5.10 Å². The van der Waals surface area contributed by atoms with Gasteiger partial charge in [-0.3, -0.25) is 19.4 Å². The maximum absolute atomic E-state index is 12.6. The third kappa shape index (κ3) is 5.44. The molecule has 1 aliphatic heterocycles. The lowest BCUT2D eigenvalue weighted by Gasteiger charge is -2.17. The van der Waals surface area contributed by atoms with Crippen LogP contribution >= 0.6 is 12.2 Å². The highest BCUT2D eigenvalue weighted by Crippen LogP contribution is 2.21. The molecule has 3 aromatic rings. The Balaban J connectivity index is 1.35. The van der Waals surface area contributed by atoms with Gasteiger partial charge < -0.3 is 10.1 Å². The molecule has 0 atom stereocenters. The second-order valence-electron chi connectivity index (χ2n) is 8.01. The highest BCUT2D eigenvalue weighted by molar-refractivity contribution is 7.71. The van der Waals surface area contributed by atoms with Crippen molar-refractivity contribution in [2.24, 2.45) is 0 Å². The molecule has 0 radical (unpaired) electrons. The van der Waals surface area contributed by atoms with Crippen LogP contribution in [-0.4, -0.2) is 45.8 Å². The lowest BCUT2D eigenvalue weighted by atomic mass is 10.1. The van der Waals surface area contributed by atoms with Crippen molar-refractivity contribution in [2.75, 3.05) is 20.2 Å². The van der Waals surface area contributed by atoms with E-state index < -0.39 is 0 Å². The third-order valence-corrected chi connectivity index (χ3v) is 6.17. The van der Waals surface area contributed by atoms with Crippen molar-refractivity contribution in [1.82, 2.24) is 25.0 Å². The molecule has 2 heterocycles. The minimum absolute atomic E-state index is 0.00948. The van der Waals surface area contributed by atoms with E-state index in [2.05, 4.69) is 38.6 Å². The number of hydrogen-bond acceptors (Lipinski definition) is 5. The van der Waals surface area contributed by atoms with Crippen molar-refractivity contribution in [2.45, 2.75) is 38.9 Å². The van der Waals surface area contributed by atoms with Crippen LogP contribution in [0.5, 0.6) is 5.75 Å². The number of aromatic amines is 1. The molecule has 7 nitrogen and oxygen atoms in total. The van der Waals surface area contributed by atoms with Gasteiger partial charge in [-0.1, -0.05) is 24.3 Å². The summed E-state index contributed by atoms with van der Waals surface area (Å²) < 4.78 is 7.58. The number of hydrogen-bond donors (Lipinski definition) is 2. The number of H-pyrrole nitrogens is 1. The molecule has 1 aliphatic rings. The Morgan fingerprint density at radius 3 is 2.56 bits per heavy atom. The number of amides is 1. The van der Waals surface area contributed by atoms with Crippen molar-refractivity contribution in [1.29, 1.82) is 0 Å². The number of ether oxygens (including phenoxy) is 1. The molecule has 4 rings (SSSR count). The number of benzene rings is 2. The first-order valence-corrected chi connectivity index (χ1v) is 11.4. The van der Waals surface area contributed by atoms with Gasteiger partial charge in [0, 0.05) is 31.6 Å². The molecule has 1 fully saturated rings. The van der Waals surface area contributed by atoms with Gasteiger partial charge in [-0.25, -0.2) is 0 Å². The molecule has 168 valence electrons. The number of likely N-dealkylation sites (tertiary alicyclic amines) is 1. The van der Waals surface area contributed by atoms with E-state index in [1.807, 2.05) is 34.9 Å². The largest absolute Gasteiger partial charge is 0.497 e. The molecule has 0 spiro atoms. The fourth-order valence-corrected chi connectivity index (χ4v) is 4.27. The quantitative estimate of drug-likeness (QED) is 0.483. The van der Waals surface area contributed by atoms with Crippen LogP contribution in [0.1, 0.15) is 30.4 Å². The molecule has 0 aliphatic carbocycles. The van der Waals surface area contributed by atoms with Gasteiger partial charge in [0.2, 0.25) is 5.91 Å². The van der Waals surface area contributed by atoms with Gasteiger partial charge in [0.1, 0.15) is 5.75 Å². The van der Waals surface area contributed by atoms with Crippen molar-refractivity contribution >= 4 is 18.1 Å². The van der Waals surface area contributed by atoms with E-state index in [0.29, 0.717) is 30.1 Å². The molecule has 0 unspecified atom stereocenters. The van der Waals surface area contributed by atoms with Crippen LogP contribution in [0.15, 0.2) is 48.5 Å². The zero-order valence-electron chi connectivity index (χ0n) is 18.3. The van der Waals surface area contributed by atoms with Crippen LogP contribution < -0.4 is 10.1 Å². The Kier molecular flexibility index (Phi) is 7.34. The molecular formula is C24H29N5O2S. The standard InChI is InChI=1S/C24H29N5O2S/c1-31-21-10-8-18(9-11-21)23-26-27-24(32)29(23)15-12-22(30)25-16-19-6-2-3-7-20(19)17-28-13-4-5-14-28/h2-3,6-11H,4-5,12-17H2,1H3,(H,25,30)(H,27,32). The lowest BCUT2D eigenvalue weighted by Crippen LogP contribution is -2.26. The fraction of sp³-hybridized carbons (Fsp3) is 0.375. The highest BCUT2D eigenvalue weighted by atomic mass is 32.1. The Labute approximate surface area is 193 Å². The molecule has 1 saturated heterocycles. The average molecular weight is 452 g/mol. The maximum Gasteiger partial charge on any atom is 0.222 e. The number of nitrogens with one attached hydrogen (secondary N) is 2. The highest BCUT2D eigenvalue weighted by Gasteiger charge is 2.14. The molecule has 32 heavy (non-hydrogen) atoms. The second kappa shape index (κ2) is 10.6. The number of methoxy groups -OCH3 is 1. The van der Waals surface area contributed by atoms with Crippen LogP contribution in [0.3, 0.4) is 0 Å². The molecule has 1 aromatic heterocycles. The van der Waals surface area contributed by atoms with Crippen LogP contribution in [0.2, 0.25) is 0 Å². The minimum atomic E-state index is -0.00948. The van der Waals surface area contributed by atoms with E-state index >= 15 is 0 Å². The molecule has 2 aromatic carbocycles. The predicted molar refractivity (Wildman–Crippen MR) is 127 cm³/mol. The van der Waals surface area contributed by atoms with Gasteiger partial charge in [0.15, 0.2) is 10.6 Å². The smallest absolute Gasteiger partial charge is 0.222 e. The maximum atomic E-state index is 12.6. The molecule has 8 heteroatoms. The first-order chi connectivity index (χ1) is 15.6. The summed E-state index contributed by atoms with van der Waals surface area (Å²) in [5, 5.41) is 10.2. The first-order valence-electron chi connectivity index (χ1n) is 11.0. The van der Waals surface area contributed by atoms with Crippen LogP contribution in [-0.2, 0) is 24.4 Å². The number of carbonyl (C=O) groups excluding carboxylic acids is 1. The van der Waals surface area contributed by atoms with Gasteiger partial charge in [0.25, 0.3) is 0 Å². The predicted octanol–water partition coefficient (Wildman–Crippen LogP) is 3.92. The van der Waals surface area contributed by atoms with E-state index in [1.165, 1.54) is 24.0 Å². The Morgan fingerprint density at radius 2 is 1.84 bits per heavy atom. The summed E-state index contributed by atoms with van der Waals surface area (Å²) in [6, 6.07) is 16.0.